The molecule has 2 rings (SSSR count). The second-order valence-corrected chi connectivity index (χ2v) is 4.47. The number of phenols is 1. The Morgan fingerprint density at radius 1 is 1.50 bits per heavy atom. The van der Waals surface area contributed by atoms with Gasteiger partial charge in [-0.2, -0.15) is 0 Å². The molecule has 1 heterocycles. The molecule has 1 saturated heterocycles. The van der Waals surface area contributed by atoms with Crippen LogP contribution in [0.4, 0.5) is 0 Å². The molecular weight excluding hydrogens is 174 g/mol. The van der Waals surface area contributed by atoms with Crippen LogP contribution in [0.2, 0.25) is 0 Å². The molecule has 0 amide bonds. The van der Waals surface area contributed by atoms with Crippen LogP contribution in [0.3, 0.4) is 0 Å². The zero-order valence-electron chi connectivity index (χ0n) is 8.75. The van der Waals surface area contributed by atoms with Crippen molar-refractivity contribution in [3.63, 3.8) is 0 Å². The molecule has 1 aliphatic rings. The van der Waals surface area contributed by atoms with E-state index in [9.17, 15) is 5.11 Å². The molecule has 0 radical (unpaired) electrons. The van der Waals surface area contributed by atoms with Crippen LogP contribution in [-0.4, -0.2) is 11.1 Å². The molecule has 2 heteroatoms. The second kappa shape index (κ2) is 3.28. The minimum atomic E-state index is 0.0398. The van der Waals surface area contributed by atoms with Crippen molar-refractivity contribution in [1.82, 2.24) is 5.32 Å². The smallest absolute Gasteiger partial charge is 0.115 e. The first-order valence-corrected chi connectivity index (χ1v) is 5.17. The van der Waals surface area contributed by atoms with Crippen LogP contribution in [-0.2, 0) is 5.54 Å². The molecule has 1 fully saturated rings. The number of nitrogens with one attached hydrogen (secondary N) is 1. The van der Waals surface area contributed by atoms with E-state index in [1.54, 1.807) is 6.07 Å². The molecule has 2 unspecified atom stereocenters. The van der Waals surface area contributed by atoms with Crippen molar-refractivity contribution in [3.8, 4) is 5.75 Å². The van der Waals surface area contributed by atoms with Crippen LogP contribution < -0.4 is 5.32 Å². The van der Waals surface area contributed by atoms with Gasteiger partial charge in [-0.1, -0.05) is 12.1 Å². The summed E-state index contributed by atoms with van der Waals surface area (Å²) in [6, 6.07) is 8.11. The van der Waals surface area contributed by atoms with Gasteiger partial charge in [-0.25, -0.2) is 0 Å². The third-order valence-corrected chi connectivity index (χ3v) is 3.13. The number of benzene rings is 1. The highest BCUT2D eigenvalue weighted by Crippen LogP contribution is 2.33. The van der Waals surface area contributed by atoms with E-state index in [1.807, 2.05) is 12.1 Å². The summed E-state index contributed by atoms with van der Waals surface area (Å²) in [6.45, 7) is 4.40. The molecular formula is C12H17NO. The molecule has 1 aromatic rings. The van der Waals surface area contributed by atoms with Gasteiger partial charge in [-0.15, -0.1) is 0 Å². The van der Waals surface area contributed by atoms with E-state index in [4.69, 9.17) is 0 Å². The first-order valence-electron chi connectivity index (χ1n) is 5.17. The molecule has 1 aliphatic heterocycles. The van der Waals surface area contributed by atoms with E-state index in [-0.39, 0.29) is 5.54 Å². The number of aromatic hydroxyl groups is 1. The highest BCUT2D eigenvalue weighted by molar-refractivity contribution is 5.32. The van der Waals surface area contributed by atoms with E-state index >= 15 is 0 Å². The quantitative estimate of drug-likeness (QED) is 0.714. The zero-order valence-corrected chi connectivity index (χ0v) is 8.75. The highest BCUT2D eigenvalue weighted by atomic mass is 16.3. The number of hydrogen-bond donors (Lipinski definition) is 2. The van der Waals surface area contributed by atoms with Crippen LogP contribution in [0.5, 0.6) is 5.75 Å². The Bertz CT molecular complexity index is 337. The topological polar surface area (TPSA) is 32.3 Å². The van der Waals surface area contributed by atoms with Crippen LogP contribution in [0, 0.1) is 0 Å². The minimum Gasteiger partial charge on any atom is -0.508 e. The molecule has 1 aromatic carbocycles. The van der Waals surface area contributed by atoms with Crippen LogP contribution in [0.1, 0.15) is 32.3 Å². The lowest BCUT2D eigenvalue weighted by Gasteiger charge is -2.26. The Morgan fingerprint density at radius 2 is 2.29 bits per heavy atom. The van der Waals surface area contributed by atoms with Gasteiger partial charge in [0.25, 0.3) is 0 Å². The maximum Gasteiger partial charge on any atom is 0.115 e. The predicted molar refractivity (Wildman–Crippen MR) is 57.3 cm³/mol. The number of rotatable bonds is 1. The van der Waals surface area contributed by atoms with E-state index < -0.39 is 0 Å². The molecule has 76 valence electrons. The van der Waals surface area contributed by atoms with Gasteiger partial charge in [-0.05, 0) is 44.4 Å². The molecule has 0 aromatic heterocycles. The lowest BCUT2D eigenvalue weighted by atomic mass is 9.90. The lowest BCUT2D eigenvalue weighted by Crippen LogP contribution is -2.36. The number of phenolic OH excluding ortho intramolecular Hbond substituents is 1. The predicted octanol–water partition coefficient (Wildman–Crippen LogP) is 2.38. The summed E-state index contributed by atoms with van der Waals surface area (Å²) in [5.74, 6) is 0.352. The van der Waals surface area contributed by atoms with Crippen LogP contribution in [0.25, 0.3) is 0 Å². The Labute approximate surface area is 85.0 Å². The summed E-state index contributed by atoms with van der Waals surface area (Å²) >= 11 is 0. The summed E-state index contributed by atoms with van der Waals surface area (Å²) in [6.07, 6.45) is 2.34. The Kier molecular flexibility index (Phi) is 2.23. The van der Waals surface area contributed by atoms with Gasteiger partial charge in [0.1, 0.15) is 5.75 Å². The van der Waals surface area contributed by atoms with Crippen molar-refractivity contribution in [2.24, 2.45) is 0 Å². The van der Waals surface area contributed by atoms with Crippen molar-refractivity contribution in [2.75, 3.05) is 0 Å². The minimum absolute atomic E-state index is 0.0398. The fraction of sp³-hybridized carbons (Fsp3) is 0.500. The summed E-state index contributed by atoms with van der Waals surface area (Å²) in [5.41, 5.74) is 1.22. The van der Waals surface area contributed by atoms with Gasteiger partial charge in [0.05, 0.1) is 0 Å². The van der Waals surface area contributed by atoms with Gasteiger partial charge in [0.15, 0.2) is 0 Å². The fourth-order valence-corrected chi connectivity index (χ4v) is 2.27. The Hall–Kier alpha value is -1.02. The van der Waals surface area contributed by atoms with Crippen molar-refractivity contribution in [2.45, 2.75) is 38.3 Å². The maximum atomic E-state index is 9.43. The Morgan fingerprint density at radius 3 is 2.86 bits per heavy atom. The largest absolute Gasteiger partial charge is 0.508 e. The molecule has 14 heavy (non-hydrogen) atoms. The van der Waals surface area contributed by atoms with Crippen molar-refractivity contribution >= 4 is 0 Å². The van der Waals surface area contributed by atoms with E-state index in [0.29, 0.717) is 11.8 Å². The van der Waals surface area contributed by atoms with E-state index in [2.05, 4.69) is 25.2 Å². The van der Waals surface area contributed by atoms with Gasteiger partial charge < -0.3 is 10.4 Å². The summed E-state index contributed by atoms with van der Waals surface area (Å²) in [5, 5.41) is 13.0. The van der Waals surface area contributed by atoms with Gasteiger partial charge >= 0.3 is 0 Å². The average Bonchev–Trinajstić information content (AvgIpc) is 2.48. The Balaban J connectivity index is 2.30. The van der Waals surface area contributed by atoms with Crippen molar-refractivity contribution < 1.29 is 5.11 Å². The third kappa shape index (κ3) is 1.62. The van der Waals surface area contributed by atoms with Crippen LogP contribution >= 0.6 is 0 Å². The third-order valence-electron chi connectivity index (χ3n) is 3.13. The molecule has 0 aliphatic carbocycles. The molecule has 0 spiro atoms. The van der Waals surface area contributed by atoms with E-state index in [0.717, 1.165) is 6.42 Å². The van der Waals surface area contributed by atoms with E-state index in [1.165, 1.54) is 12.0 Å². The van der Waals surface area contributed by atoms with Gasteiger partial charge in [-0.3, -0.25) is 0 Å². The number of hydrogen-bond acceptors (Lipinski definition) is 2. The van der Waals surface area contributed by atoms with Gasteiger partial charge in [0.2, 0.25) is 0 Å². The average molecular weight is 191 g/mol. The highest BCUT2D eigenvalue weighted by Gasteiger charge is 2.33. The first kappa shape index (κ1) is 9.53. The first-order chi connectivity index (χ1) is 6.60. The molecule has 0 bridgehead atoms. The fourth-order valence-electron chi connectivity index (χ4n) is 2.27. The van der Waals surface area contributed by atoms with Crippen LogP contribution in [0.15, 0.2) is 24.3 Å². The zero-order chi connectivity index (χ0) is 10.2. The molecule has 2 N–H and O–H groups in total. The molecule has 2 atom stereocenters. The monoisotopic (exact) mass is 191 g/mol. The standard InChI is InChI=1S/C12H17NO/c1-9-6-7-12(2,13-9)10-4-3-5-11(14)8-10/h3-5,8-9,13-14H,6-7H2,1-2H3. The van der Waals surface area contributed by atoms with Gasteiger partial charge in [0, 0.05) is 11.6 Å². The summed E-state index contributed by atoms with van der Waals surface area (Å²) in [4.78, 5) is 0. The summed E-state index contributed by atoms with van der Waals surface area (Å²) in [7, 11) is 0. The normalized spacial score (nSPS) is 32.0. The molecule has 2 nitrogen and oxygen atoms in total. The second-order valence-electron chi connectivity index (χ2n) is 4.47. The van der Waals surface area contributed by atoms with Crippen molar-refractivity contribution in [1.29, 1.82) is 0 Å². The SMILES string of the molecule is CC1CCC(C)(c2cccc(O)c2)N1. The lowest BCUT2D eigenvalue weighted by molar-refractivity contribution is 0.408. The van der Waals surface area contributed by atoms with Crippen molar-refractivity contribution in [3.05, 3.63) is 29.8 Å². The summed E-state index contributed by atoms with van der Waals surface area (Å²) < 4.78 is 0. The molecule has 0 saturated carbocycles. The maximum absolute atomic E-state index is 9.43.